The molecular formula is C9H17N3. The molecule has 2 N–H and O–H groups in total. The van der Waals surface area contributed by atoms with Gasteiger partial charge in [0.2, 0.25) is 0 Å². The molecule has 0 aliphatic carbocycles. The second kappa shape index (κ2) is 4.44. The van der Waals surface area contributed by atoms with Crippen LogP contribution in [-0.4, -0.2) is 31.1 Å². The minimum absolute atomic E-state index is 0.259. The largest absolute Gasteiger partial charge is 0.330 e. The van der Waals surface area contributed by atoms with Crippen molar-refractivity contribution < 1.29 is 0 Å². The summed E-state index contributed by atoms with van der Waals surface area (Å²) in [6, 6.07) is 2.31. The first kappa shape index (κ1) is 9.50. The highest BCUT2D eigenvalue weighted by Gasteiger charge is 2.22. The number of hydrogen-bond acceptors (Lipinski definition) is 3. The number of rotatable bonds is 3. The molecule has 1 aliphatic rings. The van der Waals surface area contributed by atoms with Crippen LogP contribution in [0.5, 0.6) is 0 Å². The van der Waals surface area contributed by atoms with Crippen molar-refractivity contribution in [1.82, 2.24) is 4.90 Å². The van der Waals surface area contributed by atoms with Crippen molar-refractivity contribution in [3.63, 3.8) is 0 Å². The lowest BCUT2D eigenvalue weighted by Gasteiger charge is -2.18. The third-order valence-corrected chi connectivity index (χ3v) is 2.43. The van der Waals surface area contributed by atoms with Crippen LogP contribution in [0.25, 0.3) is 0 Å². The summed E-state index contributed by atoms with van der Waals surface area (Å²) >= 11 is 0. The zero-order valence-corrected chi connectivity index (χ0v) is 7.66. The summed E-state index contributed by atoms with van der Waals surface area (Å²) in [4.78, 5) is 2.34. The van der Waals surface area contributed by atoms with Crippen LogP contribution in [0.4, 0.5) is 0 Å². The van der Waals surface area contributed by atoms with Gasteiger partial charge in [-0.2, -0.15) is 5.26 Å². The average Bonchev–Trinajstić information content (AvgIpc) is 2.52. The third-order valence-electron chi connectivity index (χ3n) is 2.43. The smallest absolute Gasteiger partial charge is 0.0669 e. The maximum absolute atomic E-state index is 8.67. The molecule has 1 heterocycles. The summed E-state index contributed by atoms with van der Waals surface area (Å²) in [7, 11) is 0. The van der Waals surface area contributed by atoms with Crippen molar-refractivity contribution in [3.05, 3.63) is 0 Å². The number of nitrogens with zero attached hydrogens (tertiary/aromatic N) is 2. The maximum atomic E-state index is 8.67. The molecule has 3 heteroatoms. The van der Waals surface area contributed by atoms with E-state index in [1.54, 1.807) is 0 Å². The molecule has 0 aromatic rings. The molecule has 0 bridgehead atoms. The molecule has 0 radical (unpaired) electrons. The normalized spacial score (nSPS) is 26.9. The van der Waals surface area contributed by atoms with E-state index in [1.165, 1.54) is 0 Å². The van der Waals surface area contributed by atoms with Crippen molar-refractivity contribution in [2.24, 2.45) is 17.6 Å². The van der Waals surface area contributed by atoms with E-state index in [2.05, 4.69) is 17.9 Å². The zero-order chi connectivity index (χ0) is 8.97. The van der Waals surface area contributed by atoms with Gasteiger partial charge in [0.15, 0.2) is 0 Å². The van der Waals surface area contributed by atoms with Crippen LogP contribution in [0.15, 0.2) is 0 Å². The van der Waals surface area contributed by atoms with E-state index in [9.17, 15) is 0 Å². The molecule has 1 fully saturated rings. The van der Waals surface area contributed by atoms with Gasteiger partial charge in [-0.05, 0) is 25.4 Å². The number of hydrogen-bond donors (Lipinski definition) is 1. The summed E-state index contributed by atoms with van der Waals surface area (Å²) in [5.74, 6) is 0.817. The molecule has 2 unspecified atom stereocenters. The van der Waals surface area contributed by atoms with Crippen LogP contribution in [0.2, 0.25) is 0 Å². The minimum Gasteiger partial charge on any atom is -0.330 e. The molecule has 68 valence electrons. The Kier molecular flexibility index (Phi) is 3.51. The molecule has 2 atom stereocenters. The summed E-state index contributed by atoms with van der Waals surface area (Å²) in [5.41, 5.74) is 5.53. The van der Waals surface area contributed by atoms with E-state index in [1.807, 2.05) is 0 Å². The summed E-state index contributed by atoms with van der Waals surface area (Å²) in [5, 5.41) is 8.67. The van der Waals surface area contributed by atoms with Crippen LogP contribution in [-0.2, 0) is 0 Å². The first-order valence-corrected chi connectivity index (χ1v) is 4.58. The van der Waals surface area contributed by atoms with E-state index in [0.717, 1.165) is 32.6 Å². The standard InChI is InChI=1S/C9H17N3/c1-8(4-10)6-12-3-2-9(5-11)7-12/h8-9H,2-4,6-7,10H2,1H3. The van der Waals surface area contributed by atoms with Gasteiger partial charge in [-0.3, -0.25) is 0 Å². The number of nitrogens with two attached hydrogens (primary N) is 1. The summed E-state index contributed by atoms with van der Waals surface area (Å²) in [6.45, 7) is 5.96. The minimum atomic E-state index is 0.259. The van der Waals surface area contributed by atoms with Crippen molar-refractivity contribution >= 4 is 0 Å². The van der Waals surface area contributed by atoms with Gasteiger partial charge in [0, 0.05) is 13.1 Å². The molecule has 3 nitrogen and oxygen atoms in total. The van der Waals surface area contributed by atoms with E-state index in [4.69, 9.17) is 11.0 Å². The molecule has 0 spiro atoms. The monoisotopic (exact) mass is 167 g/mol. The van der Waals surface area contributed by atoms with E-state index in [0.29, 0.717) is 5.92 Å². The lowest BCUT2D eigenvalue weighted by atomic mass is 10.1. The van der Waals surface area contributed by atoms with E-state index >= 15 is 0 Å². The first-order chi connectivity index (χ1) is 5.76. The van der Waals surface area contributed by atoms with Gasteiger partial charge in [-0.15, -0.1) is 0 Å². The van der Waals surface area contributed by atoms with Crippen molar-refractivity contribution in [3.8, 4) is 6.07 Å². The fourth-order valence-corrected chi connectivity index (χ4v) is 1.62. The first-order valence-electron chi connectivity index (χ1n) is 4.58. The highest BCUT2D eigenvalue weighted by Crippen LogP contribution is 2.15. The fourth-order valence-electron chi connectivity index (χ4n) is 1.62. The third kappa shape index (κ3) is 2.47. The second-order valence-electron chi connectivity index (χ2n) is 3.72. The Morgan fingerprint density at radius 2 is 2.50 bits per heavy atom. The Morgan fingerprint density at radius 3 is 3.00 bits per heavy atom. The molecule has 0 amide bonds. The predicted octanol–water partition coefficient (Wildman–Crippen LogP) is 0.427. The summed E-state index contributed by atoms with van der Waals surface area (Å²) < 4.78 is 0. The number of nitriles is 1. The van der Waals surface area contributed by atoms with Crippen LogP contribution in [0.1, 0.15) is 13.3 Å². The topological polar surface area (TPSA) is 53.0 Å². The molecule has 0 aromatic heterocycles. The Hall–Kier alpha value is -0.590. The van der Waals surface area contributed by atoms with Crippen molar-refractivity contribution in [2.45, 2.75) is 13.3 Å². The SMILES string of the molecule is CC(CN)CN1CCC(C#N)C1. The molecular weight excluding hydrogens is 150 g/mol. The van der Waals surface area contributed by atoms with Crippen molar-refractivity contribution in [1.29, 1.82) is 5.26 Å². The lowest BCUT2D eigenvalue weighted by Crippen LogP contribution is -2.29. The Balaban J connectivity index is 2.24. The van der Waals surface area contributed by atoms with Crippen LogP contribution >= 0.6 is 0 Å². The molecule has 1 saturated heterocycles. The molecule has 1 rings (SSSR count). The predicted molar refractivity (Wildman–Crippen MR) is 48.4 cm³/mol. The Bertz CT molecular complexity index is 173. The van der Waals surface area contributed by atoms with Gasteiger partial charge < -0.3 is 10.6 Å². The second-order valence-corrected chi connectivity index (χ2v) is 3.72. The molecule has 12 heavy (non-hydrogen) atoms. The zero-order valence-electron chi connectivity index (χ0n) is 7.66. The number of likely N-dealkylation sites (tertiary alicyclic amines) is 1. The van der Waals surface area contributed by atoms with Crippen molar-refractivity contribution in [2.75, 3.05) is 26.2 Å². The molecule has 1 aliphatic heterocycles. The Labute approximate surface area is 74.1 Å². The Morgan fingerprint density at radius 1 is 1.75 bits per heavy atom. The average molecular weight is 167 g/mol. The van der Waals surface area contributed by atoms with E-state index in [-0.39, 0.29) is 5.92 Å². The van der Waals surface area contributed by atoms with E-state index < -0.39 is 0 Å². The lowest BCUT2D eigenvalue weighted by molar-refractivity contribution is 0.287. The van der Waals surface area contributed by atoms with Crippen LogP contribution in [0, 0.1) is 23.2 Å². The van der Waals surface area contributed by atoms with Gasteiger partial charge in [0.05, 0.1) is 12.0 Å². The van der Waals surface area contributed by atoms with Gasteiger partial charge in [-0.25, -0.2) is 0 Å². The van der Waals surface area contributed by atoms with Gasteiger partial charge >= 0.3 is 0 Å². The maximum Gasteiger partial charge on any atom is 0.0669 e. The quantitative estimate of drug-likeness (QED) is 0.663. The van der Waals surface area contributed by atoms with Gasteiger partial charge in [0.1, 0.15) is 0 Å². The van der Waals surface area contributed by atoms with Crippen LogP contribution in [0.3, 0.4) is 0 Å². The summed E-state index contributed by atoms with van der Waals surface area (Å²) in [6.07, 6.45) is 1.04. The highest BCUT2D eigenvalue weighted by molar-refractivity contribution is 4.90. The molecule has 0 saturated carbocycles. The van der Waals surface area contributed by atoms with Gasteiger partial charge in [0.25, 0.3) is 0 Å². The highest BCUT2D eigenvalue weighted by atomic mass is 15.1. The van der Waals surface area contributed by atoms with Gasteiger partial charge in [-0.1, -0.05) is 6.92 Å². The molecule has 0 aromatic carbocycles. The fraction of sp³-hybridized carbons (Fsp3) is 0.889. The van der Waals surface area contributed by atoms with Crippen LogP contribution < -0.4 is 5.73 Å².